The Balaban J connectivity index is 2.16. The number of carbonyl (C=O) groups excluding carboxylic acids is 2. The second kappa shape index (κ2) is 6.20. The summed E-state index contributed by atoms with van der Waals surface area (Å²) >= 11 is 5.90. The number of esters is 1. The summed E-state index contributed by atoms with van der Waals surface area (Å²) in [6.45, 7) is 2.13. The lowest BCUT2D eigenvalue weighted by Crippen LogP contribution is -2.27. The first-order chi connectivity index (χ1) is 9.13. The van der Waals surface area contributed by atoms with Crippen LogP contribution in [0.4, 0.5) is 0 Å². The largest absolute Gasteiger partial charge is 0.466 e. The Labute approximate surface area is 117 Å². The number of halogens is 1. The fourth-order valence-electron chi connectivity index (χ4n) is 2.66. The van der Waals surface area contributed by atoms with Gasteiger partial charge in [0.15, 0.2) is 5.78 Å². The molecule has 0 amide bonds. The summed E-state index contributed by atoms with van der Waals surface area (Å²) < 4.78 is 5.05. The van der Waals surface area contributed by atoms with Crippen molar-refractivity contribution >= 4 is 23.4 Å². The van der Waals surface area contributed by atoms with Gasteiger partial charge in [-0.1, -0.05) is 30.2 Å². The van der Waals surface area contributed by atoms with E-state index in [4.69, 9.17) is 16.3 Å². The average molecular weight is 281 g/mol. The van der Waals surface area contributed by atoms with E-state index in [2.05, 4.69) is 0 Å². The normalized spacial score (nSPS) is 22.2. The molecule has 0 heterocycles. The van der Waals surface area contributed by atoms with Gasteiger partial charge in [0.1, 0.15) is 0 Å². The van der Waals surface area contributed by atoms with Crippen LogP contribution in [0.3, 0.4) is 0 Å². The summed E-state index contributed by atoms with van der Waals surface area (Å²) in [5.41, 5.74) is 0.577. The van der Waals surface area contributed by atoms with E-state index < -0.39 is 0 Å². The zero-order valence-corrected chi connectivity index (χ0v) is 11.7. The molecule has 0 spiro atoms. The molecule has 0 bridgehead atoms. The number of hydrogen-bond acceptors (Lipinski definition) is 3. The average Bonchev–Trinajstić information content (AvgIpc) is 2.87. The van der Waals surface area contributed by atoms with Gasteiger partial charge < -0.3 is 4.74 Å². The van der Waals surface area contributed by atoms with Gasteiger partial charge in [-0.2, -0.15) is 0 Å². The molecule has 3 nitrogen and oxygen atoms in total. The molecule has 1 aromatic rings. The number of hydrogen-bond donors (Lipinski definition) is 0. The third-order valence-corrected chi connectivity index (χ3v) is 3.79. The summed E-state index contributed by atoms with van der Waals surface area (Å²) in [5, 5.41) is 0.538. The van der Waals surface area contributed by atoms with E-state index in [0.717, 1.165) is 19.3 Å². The zero-order chi connectivity index (χ0) is 13.8. The Hall–Kier alpha value is -1.35. The second-order valence-corrected chi connectivity index (χ2v) is 5.21. The fourth-order valence-corrected chi connectivity index (χ4v) is 2.85. The van der Waals surface area contributed by atoms with Gasteiger partial charge >= 0.3 is 5.97 Å². The van der Waals surface area contributed by atoms with Gasteiger partial charge in [-0.25, -0.2) is 0 Å². The van der Waals surface area contributed by atoms with E-state index in [1.54, 1.807) is 31.2 Å². The molecule has 0 aliphatic heterocycles. The van der Waals surface area contributed by atoms with Crippen LogP contribution in [-0.4, -0.2) is 18.4 Å². The van der Waals surface area contributed by atoms with Crippen molar-refractivity contribution in [3.63, 3.8) is 0 Å². The first-order valence-corrected chi connectivity index (χ1v) is 6.97. The fraction of sp³-hybridized carbons (Fsp3) is 0.467. The molecule has 19 heavy (non-hydrogen) atoms. The minimum atomic E-state index is -0.300. The van der Waals surface area contributed by atoms with Crippen LogP contribution in [0.5, 0.6) is 0 Å². The summed E-state index contributed by atoms with van der Waals surface area (Å²) in [6.07, 6.45) is 2.37. The van der Waals surface area contributed by atoms with Crippen molar-refractivity contribution in [2.24, 2.45) is 11.8 Å². The van der Waals surface area contributed by atoms with Crippen LogP contribution in [0, 0.1) is 11.8 Å². The molecule has 4 heteroatoms. The summed E-state index contributed by atoms with van der Waals surface area (Å²) in [6, 6.07) is 6.89. The highest BCUT2D eigenvalue weighted by atomic mass is 35.5. The molecule has 1 saturated carbocycles. The molecule has 1 aliphatic carbocycles. The molecule has 2 atom stereocenters. The van der Waals surface area contributed by atoms with Crippen molar-refractivity contribution in [1.29, 1.82) is 0 Å². The number of ether oxygens (including phenoxy) is 1. The van der Waals surface area contributed by atoms with Crippen molar-refractivity contribution in [2.45, 2.75) is 26.2 Å². The molecule has 1 fully saturated rings. The van der Waals surface area contributed by atoms with Gasteiger partial charge in [0.2, 0.25) is 0 Å². The van der Waals surface area contributed by atoms with Crippen LogP contribution in [0.25, 0.3) is 0 Å². The maximum atomic E-state index is 12.5. The van der Waals surface area contributed by atoms with Crippen molar-refractivity contribution in [1.82, 2.24) is 0 Å². The summed E-state index contributed by atoms with van der Waals surface area (Å²) in [5.74, 6) is -0.817. The lowest BCUT2D eigenvalue weighted by atomic mass is 9.88. The van der Waals surface area contributed by atoms with Crippen LogP contribution in [0.2, 0.25) is 5.02 Å². The van der Waals surface area contributed by atoms with Gasteiger partial charge in [-0.05, 0) is 31.9 Å². The quantitative estimate of drug-likeness (QED) is 0.626. The number of rotatable bonds is 4. The van der Waals surface area contributed by atoms with Gasteiger partial charge in [0.05, 0.1) is 12.5 Å². The van der Waals surface area contributed by atoms with Crippen molar-refractivity contribution in [2.75, 3.05) is 6.61 Å². The van der Waals surface area contributed by atoms with E-state index in [0.29, 0.717) is 17.2 Å². The third-order valence-electron chi connectivity index (χ3n) is 3.55. The van der Waals surface area contributed by atoms with E-state index in [1.807, 2.05) is 0 Å². The minimum absolute atomic E-state index is 0.00180. The number of carbonyl (C=O) groups is 2. The highest BCUT2D eigenvalue weighted by Gasteiger charge is 2.38. The predicted octanol–water partition coefficient (Wildman–Crippen LogP) is 3.50. The monoisotopic (exact) mass is 280 g/mol. The SMILES string of the molecule is CCOC(=O)[C@H]1CCC[C@@H]1C(=O)c1cccc(Cl)c1. The van der Waals surface area contributed by atoms with Gasteiger partial charge in [-0.15, -0.1) is 0 Å². The number of ketones is 1. The standard InChI is InChI=1S/C15H17ClO3/c1-2-19-15(18)13-8-4-7-12(13)14(17)10-5-3-6-11(16)9-10/h3,5-6,9,12-13H,2,4,7-8H2,1H3/t12-,13-/m0/s1. The van der Waals surface area contributed by atoms with Crippen LogP contribution in [0.15, 0.2) is 24.3 Å². The maximum Gasteiger partial charge on any atom is 0.309 e. The molecular formula is C15H17ClO3. The lowest BCUT2D eigenvalue weighted by Gasteiger charge is -2.17. The van der Waals surface area contributed by atoms with Crippen LogP contribution in [-0.2, 0) is 9.53 Å². The Morgan fingerprint density at radius 1 is 1.32 bits per heavy atom. The molecular weight excluding hydrogens is 264 g/mol. The third kappa shape index (κ3) is 3.16. The Kier molecular flexibility index (Phi) is 4.59. The molecule has 0 N–H and O–H groups in total. The van der Waals surface area contributed by atoms with Crippen molar-refractivity contribution in [3.05, 3.63) is 34.9 Å². The molecule has 0 unspecified atom stereocenters. The van der Waals surface area contributed by atoms with Gasteiger partial charge in [0, 0.05) is 16.5 Å². The minimum Gasteiger partial charge on any atom is -0.466 e. The van der Waals surface area contributed by atoms with Crippen LogP contribution >= 0.6 is 11.6 Å². The molecule has 0 aromatic heterocycles. The Bertz CT molecular complexity index is 484. The Morgan fingerprint density at radius 2 is 2.05 bits per heavy atom. The second-order valence-electron chi connectivity index (χ2n) is 4.77. The molecule has 2 rings (SSSR count). The predicted molar refractivity (Wildman–Crippen MR) is 73.2 cm³/mol. The molecule has 1 aromatic carbocycles. The lowest BCUT2D eigenvalue weighted by molar-refractivity contribution is -0.148. The molecule has 1 aliphatic rings. The number of benzene rings is 1. The van der Waals surface area contributed by atoms with Gasteiger partial charge in [0.25, 0.3) is 0 Å². The van der Waals surface area contributed by atoms with E-state index >= 15 is 0 Å². The van der Waals surface area contributed by atoms with Crippen LogP contribution < -0.4 is 0 Å². The molecule has 0 saturated heterocycles. The summed E-state index contributed by atoms with van der Waals surface area (Å²) in [7, 11) is 0. The highest BCUT2D eigenvalue weighted by molar-refractivity contribution is 6.31. The van der Waals surface area contributed by atoms with Crippen molar-refractivity contribution < 1.29 is 14.3 Å². The van der Waals surface area contributed by atoms with E-state index in [-0.39, 0.29) is 23.6 Å². The number of Topliss-reactive ketones (excluding diaryl/α,β-unsaturated/α-hetero) is 1. The topological polar surface area (TPSA) is 43.4 Å². The zero-order valence-electron chi connectivity index (χ0n) is 10.9. The van der Waals surface area contributed by atoms with E-state index in [1.165, 1.54) is 0 Å². The maximum absolute atomic E-state index is 12.5. The first kappa shape index (κ1) is 14.1. The van der Waals surface area contributed by atoms with E-state index in [9.17, 15) is 9.59 Å². The molecule has 0 radical (unpaired) electrons. The van der Waals surface area contributed by atoms with Crippen molar-refractivity contribution in [3.8, 4) is 0 Å². The molecule has 102 valence electrons. The summed E-state index contributed by atoms with van der Waals surface area (Å²) in [4.78, 5) is 24.3. The first-order valence-electron chi connectivity index (χ1n) is 6.60. The Morgan fingerprint density at radius 3 is 2.74 bits per heavy atom. The van der Waals surface area contributed by atoms with Gasteiger partial charge in [-0.3, -0.25) is 9.59 Å². The highest BCUT2D eigenvalue weighted by Crippen LogP contribution is 2.35. The smallest absolute Gasteiger partial charge is 0.309 e. The van der Waals surface area contributed by atoms with Crippen LogP contribution in [0.1, 0.15) is 36.5 Å².